The number of benzene rings is 1. The van der Waals surface area contributed by atoms with Crippen molar-refractivity contribution in [1.82, 2.24) is 0 Å². The minimum atomic E-state index is -0.364. The molecule has 0 saturated carbocycles. The maximum absolute atomic E-state index is 10.5. The third-order valence-electron chi connectivity index (χ3n) is 3.95. The second kappa shape index (κ2) is 5.98. The molecule has 0 fully saturated rings. The Morgan fingerprint density at radius 1 is 1.30 bits per heavy atom. The normalized spacial score (nSPS) is 19.2. The Morgan fingerprint density at radius 3 is 2.95 bits per heavy atom. The van der Waals surface area contributed by atoms with Crippen molar-refractivity contribution in [3.63, 3.8) is 0 Å². The molecule has 3 heteroatoms. The van der Waals surface area contributed by atoms with Crippen LogP contribution in [0, 0.1) is 0 Å². The molecule has 1 N–H and O–H groups in total. The summed E-state index contributed by atoms with van der Waals surface area (Å²) in [6.07, 6.45) is 2.44. The van der Waals surface area contributed by atoms with E-state index in [4.69, 9.17) is 4.74 Å². The van der Waals surface area contributed by atoms with Gasteiger partial charge in [0, 0.05) is 9.75 Å². The van der Waals surface area contributed by atoms with E-state index in [1.807, 2.05) is 18.2 Å². The van der Waals surface area contributed by atoms with E-state index in [0.29, 0.717) is 5.92 Å². The number of hydrogen-bond donors (Lipinski definition) is 1. The van der Waals surface area contributed by atoms with Crippen LogP contribution in [0.2, 0.25) is 0 Å². The van der Waals surface area contributed by atoms with Crippen molar-refractivity contribution >= 4 is 11.3 Å². The van der Waals surface area contributed by atoms with E-state index in [2.05, 4.69) is 25.1 Å². The molecule has 2 atom stereocenters. The van der Waals surface area contributed by atoms with Crippen molar-refractivity contribution in [2.45, 2.75) is 38.2 Å². The van der Waals surface area contributed by atoms with Crippen molar-refractivity contribution in [1.29, 1.82) is 0 Å². The molecule has 3 rings (SSSR count). The first-order valence-electron chi connectivity index (χ1n) is 7.26. The third-order valence-corrected chi connectivity index (χ3v) is 5.28. The highest BCUT2D eigenvalue weighted by molar-refractivity contribution is 7.12. The Hall–Kier alpha value is -1.32. The summed E-state index contributed by atoms with van der Waals surface area (Å²) in [5, 5.41) is 10.5. The lowest BCUT2D eigenvalue weighted by molar-refractivity contribution is 0.148. The summed E-state index contributed by atoms with van der Waals surface area (Å²) in [5.74, 6) is 1.37. The summed E-state index contributed by atoms with van der Waals surface area (Å²) in [5.41, 5.74) is 1.24. The smallest absolute Gasteiger partial charge is 0.122 e. The first kappa shape index (κ1) is 13.7. The number of aryl methyl sites for hydroxylation is 1. The van der Waals surface area contributed by atoms with Gasteiger partial charge in [0.1, 0.15) is 5.75 Å². The van der Waals surface area contributed by atoms with E-state index < -0.39 is 0 Å². The highest BCUT2D eigenvalue weighted by atomic mass is 32.1. The number of hydrogen-bond acceptors (Lipinski definition) is 3. The molecule has 0 saturated heterocycles. The third kappa shape index (κ3) is 2.74. The zero-order chi connectivity index (χ0) is 13.9. The number of thiophene rings is 1. The molecule has 0 radical (unpaired) electrons. The summed E-state index contributed by atoms with van der Waals surface area (Å²) in [4.78, 5) is 2.43. The Balaban J connectivity index is 1.75. The lowest BCUT2D eigenvalue weighted by Crippen LogP contribution is -2.16. The van der Waals surface area contributed by atoms with E-state index in [9.17, 15) is 5.11 Å². The van der Waals surface area contributed by atoms with E-state index in [1.165, 1.54) is 10.4 Å². The van der Waals surface area contributed by atoms with Gasteiger partial charge in [-0.05, 0) is 48.9 Å². The van der Waals surface area contributed by atoms with E-state index in [1.54, 1.807) is 11.3 Å². The molecular weight excluding hydrogens is 268 g/mol. The van der Waals surface area contributed by atoms with Gasteiger partial charge in [-0.2, -0.15) is 0 Å². The fraction of sp³-hybridized carbons (Fsp3) is 0.412. The van der Waals surface area contributed by atoms with Crippen LogP contribution in [0.25, 0.3) is 0 Å². The van der Waals surface area contributed by atoms with Gasteiger partial charge in [0.2, 0.25) is 0 Å². The van der Waals surface area contributed by atoms with Gasteiger partial charge in [-0.3, -0.25) is 0 Å². The number of rotatable bonds is 4. The second-order valence-corrected chi connectivity index (χ2v) is 6.48. The van der Waals surface area contributed by atoms with Crippen LogP contribution < -0.4 is 4.74 Å². The van der Waals surface area contributed by atoms with E-state index >= 15 is 0 Å². The molecule has 1 aliphatic heterocycles. The minimum absolute atomic E-state index is 0.364. The quantitative estimate of drug-likeness (QED) is 0.909. The first-order valence-corrected chi connectivity index (χ1v) is 8.08. The molecule has 20 heavy (non-hydrogen) atoms. The molecule has 106 valence electrons. The predicted molar refractivity (Wildman–Crippen MR) is 82.6 cm³/mol. The highest BCUT2D eigenvalue weighted by Crippen LogP contribution is 2.39. The van der Waals surface area contributed by atoms with Gasteiger partial charge in [0.25, 0.3) is 0 Å². The van der Waals surface area contributed by atoms with Gasteiger partial charge in [-0.15, -0.1) is 11.3 Å². The SMILES string of the molecule is CCc1ccc(C(O)CC2CCOc3ccccc32)s1. The number of aliphatic hydroxyl groups excluding tert-OH is 1. The Bertz CT molecular complexity index is 576. The molecule has 2 unspecified atom stereocenters. The molecule has 2 nitrogen and oxygen atoms in total. The fourth-order valence-electron chi connectivity index (χ4n) is 2.81. The molecule has 0 aliphatic carbocycles. The van der Waals surface area contributed by atoms with Crippen molar-refractivity contribution in [2.24, 2.45) is 0 Å². The van der Waals surface area contributed by atoms with Crippen LogP contribution in [0.3, 0.4) is 0 Å². The van der Waals surface area contributed by atoms with Gasteiger partial charge < -0.3 is 9.84 Å². The molecule has 1 aromatic heterocycles. The molecule has 0 amide bonds. The molecule has 0 bridgehead atoms. The maximum atomic E-state index is 10.5. The van der Waals surface area contributed by atoms with Crippen LogP contribution in [0.5, 0.6) is 5.75 Å². The number of ether oxygens (including phenoxy) is 1. The molecular formula is C17H20O2S. The molecule has 1 aromatic carbocycles. The summed E-state index contributed by atoms with van der Waals surface area (Å²) in [7, 11) is 0. The second-order valence-electron chi connectivity index (χ2n) is 5.28. The van der Waals surface area contributed by atoms with E-state index in [0.717, 1.165) is 36.5 Å². The summed E-state index contributed by atoms with van der Waals surface area (Å²) >= 11 is 1.73. The van der Waals surface area contributed by atoms with Gasteiger partial charge in [-0.25, -0.2) is 0 Å². The van der Waals surface area contributed by atoms with Crippen LogP contribution in [-0.2, 0) is 6.42 Å². The standard InChI is InChI=1S/C17H20O2S/c1-2-13-7-8-17(20-13)15(18)11-12-9-10-19-16-6-4-3-5-14(12)16/h3-8,12,15,18H,2,9-11H2,1H3. The number of aliphatic hydroxyl groups is 1. The van der Waals surface area contributed by atoms with Crippen LogP contribution in [0.1, 0.15) is 47.1 Å². The van der Waals surface area contributed by atoms with Crippen molar-refractivity contribution < 1.29 is 9.84 Å². The fourth-order valence-corrected chi connectivity index (χ4v) is 3.76. The van der Waals surface area contributed by atoms with Crippen LogP contribution in [-0.4, -0.2) is 11.7 Å². The topological polar surface area (TPSA) is 29.5 Å². The molecule has 1 aliphatic rings. The van der Waals surface area contributed by atoms with Crippen LogP contribution >= 0.6 is 11.3 Å². The van der Waals surface area contributed by atoms with Crippen molar-refractivity contribution in [3.05, 3.63) is 51.7 Å². The predicted octanol–water partition coefficient (Wildman–Crippen LogP) is 4.30. The van der Waals surface area contributed by atoms with Gasteiger partial charge in [-0.1, -0.05) is 25.1 Å². The first-order chi connectivity index (χ1) is 9.78. The lowest BCUT2D eigenvalue weighted by atomic mass is 9.88. The Kier molecular flexibility index (Phi) is 4.08. The van der Waals surface area contributed by atoms with Crippen molar-refractivity contribution in [2.75, 3.05) is 6.61 Å². The van der Waals surface area contributed by atoms with Gasteiger partial charge in [0.15, 0.2) is 0 Å². The van der Waals surface area contributed by atoms with Crippen LogP contribution in [0.15, 0.2) is 36.4 Å². The number of para-hydroxylation sites is 1. The largest absolute Gasteiger partial charge is 0.493 e. The van der Waals surface area contributed by atoms with Gasteiger partial charge >= 0.3 is 0 Å². The van der Waals surface area contributed by atoms with Gasteiger partial charge in [0.05, 0.1) is 12.7 Å². The summed E-state index contributed by atoms with van der Waals surface area (Å²) in [6.45, 7) is 2.90. The highest BCUT2D eigenvalue weighted by Gasteiger charge is 2.24. The van der Waals surface area contributed by atoms with Crippen molar-refractivity contribution in [3.8, 4) is 5.75 Å². The molecule has 0 spiro atoms. The number of fused-ring (bicyclic) bond motifs is 1. The monoisotopic (exact) mass is 288 g/mol. The zero-order valence-electron chi connectivity index (χ0n) is 11.7. The minimum Gasteiger partial charge on any atom is -0.493 e. The Labute approximate surface area is 124 Å². The maximum Gasteiger partial charge on any atom is 0.122 e. The Morgan fingerprint density at radius 2 is 2.15 bits per heavy atom. The van der Waals surface area contributed by atoms with Crippen LogP contribution in [0.4, 0.5) is 0 Å². The van der Waals surface area contributed by atoms with E-state index in [-0.39, 0.29) is 6.10 Å². The summed E-state index contributed by atoms with van der Waals surface area (Å²) < 4.78 is 5.68. The zero-order valence-corrected chi connectivity index (χ0v) is 12.5. The average molecular weight is 288 g/mol. The molecule has 2 aromatic rings. The molecule has 2 heterocycles. The average Bonchev–Trinajstić information content (AvgIpc) is 2.97. The lowest BCUT2D eigenvalue weighted by Gasteiger charge is -2.27. The summed E-state index contributed by atoms with van der Waals surface area (Å²) in [6, 6.07) is 12.4.